The van der Waals surface area contributed by atoms with E-state index < -0.39 is 5.82 Å². The number of amides is 2. The molecule has 2 amide bonds. The number of aromatic nitrogens is 2. The van der Waals surface area contributed by atoms with Crippen molar-refractivity contribution in [2.75, 3.05) is 44.7 Å². The third-order valence-corrected chi connectivity index (χ3v) is 7.03. The summed E-state index contributed by atoms with van der Waals surface area (Å²) in [6, 6.07) is 7.71. The van der Waals surface area contributed by atoms with Gasteiger partial charge in [0.25, 0.3) is 5.91 Å². The molecule has 3 aromatic rings. The zero-order chi connectivity index (χ0) is 28.1. The van der Waals surface area contributed by atoms with Crippen molar-refractivity contribution in [1.29, 1.82) is 0 Å². The van der Waals surface area contributed by atoms with Crippen molar-refractivity contribution in [2.24, 2.45) is 0 Å². The lowest BCUT2D eigenvalue weighted by Gasteiger charge is -2.33. The number of fused-ring (bicyclic) bond motifs is 1. The highest BCUT2D eigenvalue weighted by atomic mass is 19.1. The average molecular weight is 533 g/mol. The lowest BCUT2D eigenvalue weighted by molar-refractivity contribution is -0.108. The minimum Gasteiger partial charge on any atom is -0.354 e. The molecule has 1 aliphatic heterocycles. The smallest absolute Gasteiger partial charge is 0.252 e. The SMILES string of the molecule is C/C(=C/C=C(\C)CNC(=O)c1cc(-c2ccc(N3CCN(C)CC3)nc2)cc2c1c(F)cn2C(C)C)NC=O. The molecule has 4 rings (SSSR count). The van der Waals surface area contributed by atoms with Gasteiger partial charge in [-0.2, -0.15) is 0 Å². The second kappa shape index (κ2) is 12.3. The molecule has 3 heterocycles. The van der Waals surface area contributed by atoms with Crippen molar-refractivity contribution in [3.05, 3.63) is 71.5 Å². The molecule has 0 atom stereocenters. The van der Waals surface area contributed by atoms with Crippen LogP contribution in [0, 0.1) is 5.82 Å². The number of nitrogens with zero attached hydrogens (tertiary/aromatic N) is 4. The Morgan fingerprint density at radius 1 is 1.10 bits per heavy atom. The summed E-state index contributed by atoms with van der Waals surface area (Å²) in [6.45, 7) is 11.8. The van der Waals surface area contributed by atoms with Crippen LogP contribution < -0.4 is 15.5 Å². The van der Waals surface area contributed by atoms with E-state index in [9.17, 15) is 9.59 Å². The first-order chi connectivity index (χ1) is 18.7. The fraction of sp³-hybridized carbons (Fsp3) is 0.367. The molecule has 1 aliphatic rings. The largest absolute Gasteiger partial charge is 0.354 e. The van der Waals surface area contributed by atoms with Crippen LogP contribution in [0.4, 0.5) is 10.2 Å². The van der Waals surface area contributed by atoms with Crippen LogP contribution in [0.2, 0.25) is 0 Å². The Morgan fingerprint density at radius 3 is 2.49 bits per heavy atom. The third kappa shape index (κ3) is 6.54. The van der Waals surface area contributed by atoms with Crippen molar-refractivity contribution < 1.29 is 14.0 Å². The van der Waals surface area contributed by atoms with Crippen LogP contribution in [0.25, 0.3) is 22.0 Å². The maximum Gasteiger partial charge on any atom is 0.252 e. The molecule has 8 nitrogen and oxygen atoms in total. The van der Waals surface area contributed by atoms with Crippen LogP contribution in [0.5, 0.6) is 0 Å². The zero-order valence-corrected chi connectivity index (χ0v) is 23.3. The van der Waals surface area contributed by atoms with Gasteiger partial charge in [-0.05, 0) is 70.6 Å². The first-order valence-corrected chi connectivity index (χ1v) is 13.2. The molecule has 1 aromatic carbocycles. The van der Waals surface area contributed by atoms with Gasteiger partial charge in [0.1, 0.15) is 11.6 Å². The van der Waals surface area contributed by atoms with Gasteiger partial charge in [0.15, 0.2) is 0 Å². The number of allylic oxidation sites excluding steroid dienone is 3. The highest BCUT2D eigenvalue weighted by molar-refractivity contribution is 6.08. The molecule has 0 saturated carbocycles. The number of benzene rings is 1. The van der Waals surface area contributed by atoms with Crippen LogP contribution in [-0.2, 0) is 4.79 Å². The molecule has 0 bridgehead atoms. The van der Waals surface area contributed by atoms with Gasteiger partial charge in [-0.3, -0.25) is 9.59 Å². The second-order valence-corrected chi connectivity index (χ2v) is 10.4. The molecule has 0 radical (unpaired) electrons. The number of nitrogens with one attached hydrogen (secondary N) is 2. The van der Waals surface area contributed by atoms with Crippen LogP contribution in [0.1, 0.15) is 44.1 Å². The quantitative estimate of drug-likeness (QED) is 0.313. The fourth-order valence-corrected chi connectivity index (χ4v) is 4.67. The van der Waals surface area contributed by atoms with Crippen molar-refractivity contribution >= 4 is 29.0 Å². The van der Waals surface area contributed by atoms with Crippen molar-refractivity contribution in [1.82, 2.24) is 25.1 Å². The lowest BCUT2D eigenvalue weighted by Crippen LogP contribution is -2.44. The molecule has 2 aromatic heterocycles. The molecule has 1 saturated heterocycles. The van der Waals surface area contributed by atoms with Crippen molar-refractivity contribution in [3.8, 4) is 11.1 Å². The van der Waals surface area contributed by atoms with E-state index >= 15 is 4.39 Å². The monoisotopic (exact) mass is 532 g/mol. The fourth-order valence-electron chi connectivity index (χ4n) is 4.67. The lowest BCUT2D eigenvalue weighted by atomic mass is 10.00. The van der Waals surface area contributed by atoms with E-state index in [2.05, 4.69) is 27.5 Å². The summed E-state index contributed by atoms with van der Waals surface area (Å²) < 4.78 is 17.1. The van der Waals surface area contributed by atoms with Crippen molar-refractivity contribution in [3.63, 3.8) is 0 Å². The number of hydrogen-bond acceptors (Lipinski definition) is 5. The minimum atomic E-state index is -0.426. The summed E-state index contributed by atoms with van der Waals surface area (Å²) in [4.78, 5) is 33.2. The predicted octanol–water partition coefficient (Wildman–Crippen LogP) is 4.50. The van der Waals surface area contributed by atoms with E-state index in [0.717, 1.165) is 48.7 Å². The minimum absolute atomic E-state index is 0.0149. The van der Waals surface area contributed by atoms with Crippen molar-refractivity contribution in [2.45, 2.75) is 33.7 Å². The zero-order valence-electron chi connectivity index (χ0n) is 23.3. The Hall–Kier alpha value is -3.98. The summed E-state index contributed by atoms with van der Waals surface area (Å²) >= 11 is 0. The van der Waals surface area contributed by atoms with Crippen LogP contribution in [0.3, 0.4) is 0 Å². The molecular formula is C30H37FN6O2. The predicted molar refractivity (Wildman–Crippen MR) is 154 cm³/mol. The molecule has 1 fully saturated rings. The van der Waals surface area contributed by atoms with Gasteiger partial charge in [-0.15, -0.1) is 0 Å². The van der Waals surface area contributed by atoms with Crippen LogP contribution in [0.15, 0.2) is 60.1 Å². The summed E-state index contributed by atoms with van der Waals surface area (Å²) in [5.41, 5.74) is 4.18. The summed E-state index contributed by atoms with van der Waals surface area (Å²) in [7, 11) is 2.12. The van der Waals surface area contributed by atoms with Gasteiger partial charge in [0.2, 0.25) is 6.41 Å². The van der Waals surface area contributed by atoms with E-state index in [1.54, 1.807) is 19.1 Å². The first kappa shape index (κ1) is 28.0. The van der Waals surface area contributed by atoms with Gasteiger partial charge >= 0.3 is 0 Å². The summed E-state index contributed by atoms with van der Waals surface area (Å²) in [6.07, 6.45) is 7.48. The highest BCUT2D eigenvalue weighted by Crippen LogP contribution is 2.33. The number of likely N-dealkylation sites (N-methyl/N-ethyl adjacent to an activating group) is 1. The van der Waals surface area contributed by atoms with Gasteiger partial charge in [-0.25, -0.2) is 9.37 Å². The van der Waals surface area contributed by atoms with Crippen LogP contribution >= 0.6 is 0 Å². The Balaban J connectivity index is 1.65. The molecule has 206 valence electrons. The van der Waals surface area contributed by atoms with Gasteiger partial charge < -0.3 is 25.0 Å². The standard InChI is InChI=1S/C30H37FN6O2/c1-20(2)37-18-26(31)29-25(30(39)33-16-21(3)6-7-22(4)34-19-38)14-24(15-27(29)37)23-8-9-28(32-17-23)36-12-10-35(5)11-13-36/h6-9,14-15,17-20H,10-13,16H2,1-5H3,(H,33,39)(H,34,38)/b21-6+,22-7-. The maximum absolute atomic E-state index is 15.2. The topological polar surface area (TPSA) is 82.5 Å². The molecule has 39 heavy (non-hydrogen) atoms. The molecule has 0 spiro atoms. The van der Waals surface area contributed by atoms with E-state index in [-0.39, 0.29) is 24.1 Å². The molecule has 9 heteroatoms. The third-order valence-electron chi connectivity index (χ3n) is 7.03. The molecule has 0 unspecified atom stereocenters. The van der Waals surface area contributed by atoms with Gasteiger partial charge in [0, 0.05) is 67.8 Å². The second-order valence-electron chi connectivity index (χ2n) is 10.4. The number of piperazine rings is 1. The Morgan fingerprint density at radius 2 is 1.85 bits per heavy atom. The Bertz CT molecular complexity index is 1400. The van der Waals surface area contributed by atoms with E-state index in [0.29, 0.717) is 23.0 Å². The normalized spacial score (nSPS) is 15.2. The molecular weight excluding hydrogens is 495 g/mol. The summed E-state index contributed by atoms with van der Waals surface area (Å²) in [5, 5.41) is 5.79. The highest BCUT2D eigenvalue weighted by Gasteiger charge is 2.21. The summed E-state index contributed by atoms with van der Waals surface area (Å²) in [5.74, 6) is 0.144. The maximum atomic E-state index is 15.2. The first-order valence-electron chi connectivity index (χ1n) is 13.2. The number of carbonyl (C=O) groups excluding carboxylic acids is 2. The Labute approximate surface area is 229 Å². The number of rotatable bonds is 9. The van der Waals surface area contributed by atoms with E-state index in [1.807, 2.05) is 55.8 Å². The van der Waals surface area contributed by atoms with Crippen LogP contribution in [-0.4, -0.2) is 66.5 Å². The Kier molecular flexibility index (Phi) is 8.81. The molecule has 0 aliphatic carbocycles. The molecule has 2 N–H and O–H groups in total. The number of hydrogen-bond donors (Lipinski definition) is 2. The van der Waals surface area contributed by atoms with Gasteiger partial charge in [-0.1, -0.05) is 11.6 Å². The van der Waals surface area contributed by atoms with E-state index in [4.69, 9.17) is 4.98 Å². The number of carbonyl (C=O) groups is 2. The van der Waals surface area contributed by atoms with Gasteiger partial charge in [0.05, 0.1) is 11.1 Å². The number of halogens is 1. The number of pyridine rings is 1. The number of anilines is 1. The van der Waals surface area contributed by atoms with E-state index in [1.165, 1.54) is 6.20 Å². The average Bonchev–Trinajstić information content (AvgIpc) is 3.27.